The molecule has 0 unspecified atom stereocenters. The van der Waals surface area contributed by atoms with Crippen LogP contribution in [0.25, 0.3) is 21.8 Å². The predicted molar refractivity (Wildman–Crippen MR) is 116 cm³/mol. The minimum absolute atomic E-state index is 0.0872. The van der Waals surface area contributed by atoms with Gasteiger partial charge in [0.15, 0.2) is 5.82 Å². The van der Waals surface area contributed by atoms with Crippen molar-refractivity contribution in [2.24, 2.45) is 0 Å². The molecule has 140 valence electrons. The molecular weight excluding hydrogens is 388 g/mol. The first-order valence-electron chi connectivity index (χ1n) is 8.79. The second-order valence-electron chi connectivity index (χ2n) is 6.10. The van der Waals surface area contributed by atoms with E-state index in [1.807, 2.05) is 79.0 Å². The molecule has 2 N–H and O–H groups in total. The molecule has 0 aliphatic heterocycles. The largest absolute Gasteiger partial charge is 0.325 e. The zero-order chi connectivity index (χ0) is 19.3. The number of benzene rings is 2. The van der Waals surface area contributed by atoms with E-state index >= 15 is 0 Å². The molecule has 4 rings (SSSR count). The maximum absolute atomic E-state index is 12.7. The number of thioether (sulfide) groups is 1. The lowest BCUT2D eigenvalue weighted by molar-refractivity contribution is -0.115. The number of para-hydroxylation sites is 1. The number of H-pyrrole nitrogens is 1. The molecule has 0 saturated carbocycles. The molecule has 2 heterocycles. The molecule has 5 nitrogen and oxygen atoms in total. The standard InChI is InChI=1S/C21H18N4OS2/c1-14(28-21-23-19(24-25-21)18-12-7-13-27-18)20(26)22-17-11-6-5-10-16(17)15-8-3-2-4-9-15/h2-14H,1H3,(H,22,26)(H,23,24,25)/t14-/m0/s1. The fourth-order valence-corrected chi connectivity index (χ4v) is 4.12. The summed E-state index contributed by atoms with van der Waals surface area (Å²) in [5, 5.41) is 12.4. The van der Waals surface area contributed by atoms with Crippen LogP contribution in [0.1, 0.15) is 6.92 Å². The summed E-state index contributed by atoms with van der Waals surface area (Å²) in [4.78, 5) is 18.2. The first-order chi connectivity index (χ1) is 13.7. The predicted octanol–water partition coefficient (Wildman–Crippen LogP) is 5.32. The van der Waals surface area contributed by atoms with Gasteiger partial charge in [0.25, 0.3) is 0 Å². The van der Waals surface area contributed by atoms with Crippen molar-refractivity contribution < 1.29 is 4.79 Å². The van der Waals surface area contributed by atoms with Crippen LogP contribution in [0.4, 0.5) is 5.69 Å². The summed E-state index contributed by atoms with van der Waals surface area (Å²) in [7, 11) is 0. The Labute approximate surface area is 171 Å². The number of nitrogens with one attached hydrogen (secondary N) is 2. The number of hydrogen-bond acceptors (Lipinski definition) is 5. The number of nitrogens with zero attached hydrogens (tertiary/aromatic N) is 2. The lowest BCUT2D eigenvalue weighted by Gasteiger charge is -2.14. The number of aromatic amines is 1. The number of rotatable bonds is 6. The monoisotopic (exact) mass is 406 g/mol. The van der Waals surface area contributed by atoms with Crippen molar-refractivity contribution in [3.63, 3.8) is 0 Å². The normalized spacial score (nSPS) is 11.9. The Morgan fingerprint density at radius 3 is 2.64 bits per heavy atom. The molecule has 0 bridgehead atoms. The van der Waals surface area contributed by atoms with Crippen molar-refractivity contribution >= 4 is 34.7 Å². The van der Waals surface area contributed by atoms with E-state index in [4.69, 9.17) is 0 Å². The highest BCUT2D eigenvalue weighted by molar-refractivity contribution is 8.00. The number of hydrogen-bond donors (Lipinski definition) is 2. The van der Waals surface area contributed by atoms with Crippen LogP contribution in [-0.2, 0) is 4.79 Å². The second-order valence-corrected chi connectivity index (χ2v) is 8.36. The van der Waals surface area contributed by atoms with Crippen LogP contribution in [0, 0.1) is 0 Å². The molecule has 7 heteroatoms. The van der Waals surface area contributed by atoms with E-state index in [1.54, 1.807) is 11.3 Å². The Bertz CT molecular complexity index is 1060. The number of carbonyl (C=O) groups excluding carboxylic acids is 1. The van der Waals surface area contributed by atoms with E-state index in [0.717, 1.165) is 27.5 Å². The molecule has 0 spiro atoms. The molecular formula is C21H18N4OS2. The number of carbonyl (C=O) groups is 1. The van der Waals surface area contributed by atoms with Gasteiger partial charge in [-0.3, -0.25) is 9.89 Å². The molecule has 0 saturated heterocycles. The zero-order valence-electron chi connectivity index (χ0n) is 15.1. The summed E-state index contributed by atoms with van der Waals surface area (Å²) >= 11 is 2.92. The van der Waals surface area contributed by atoms with Crippen LogP contribution in [0.15, 0.2) is 77.3 Å². The lowest BCUT2D eigenvalue weighted by atomic mass is 10.0. The van der Waals surface area contributed by atoms with E-state index in [9.17, 15) is 4.79 Å². The number of amides is 1. The highest BCUT2D eigenvalue weighted by atomic mass is 32.2. The van der Waals surface area contributed by atoms with Gasteiger partial charge in [0, 0.05) is 11.3 Å². The molecule has 2 aromatic carbocycles. The molecule has 0 aliphatic carbocycles. The average Bonchev–Trinajstić information content (AvgIpc) is 3.41. The van der Waals surface area contributed by atoms with Crippen molar-refractivity contribution in [2.45, 2.75) is 17.3 Å². The van der Waals surface area contributed by atoms with Crippen LogP contribution in [-0.4, -0.2) is 26.3 Å². The fourth-order valence-electron chi connectivity index (χ4n) is 2.73. The Morgan fingerprint density at radius 2 is 1.86 bits per heavy atom. The SMILES string of the molecule is C[C@H](Sc1n[nH]c(-c2cccs2)n1)C(=O)Nc1ccccc1-c1ccccc1. The van der Waals surface area contributed by atoms with Crippen molar-refractivity contribution in [3.8, 4) is 21.8 Å². The highest BCUT2D eigenvalue weighted by Gasteiger charge is 2.19. The quantitative estimate of drug-likeness (QED) is 0.425. The maximum Gasteiger partial charge on any atom is 0.237 e. The topological polar surface area (TPSA) is 70.7 Å². The van der Waals surface area contributed by atoms with E-state index < -0.39 is 0 Å². The fraction of sp³-hybridized carbons (Fsp3) is 0.0952. The first kappa shape index (κ1) is 18.5. The minimum atomic E-state index is -0.337. The van der Waals surface area contributed by atoms with Crippen molar-refractivity contribution in [2.75, 3.05) is 5.32 Å². The molecule has 0 radical (unpaired) electrons. The summed E-state index contributed by atoms with van der Waals surface area (Å²) in [6, 6.07) is 21.8. The van der Waals surface area contributed by atoms with Gasteiger partial charge in [-0.25, -0.2) is 4.98 Å². The minimum Gasteiger partial charge on any atom is -0.325 e. The third-order valence-corrected chi connectivity index (χ3v) is 5.98. The summed E-state index contributed by atoms with van der Waals surface area (Å²) < 4.78 is 0. The van der Waals surface area contributed by atoms with E-state index in [2.05, 4.69) is 20.5 Å². The third-order valence-electron chi connectivity index (χ3n) is 4.14. The molecule has 28 heavy (non-hydrogen) atoms. The van der Waals surface area contributed by atoms with Crippen molar-refractivity contribution in [3.05, 3.63) is 72.1 Å². The molecule has 0 fully saturated rings. The summed E-state index contributed by atoms with van der Waals surface area (Å²) in [6.07, 6.45) is 0. The van der Waals surface area contributed by atoms with Gasteiger partial charge < -0.3 is 5.32 Å². The molecule has 4 aromatic rings. The van der Waals surface area contributed by atoms with Gasteiger partial charge in [-0.1, -0.05) is 66.4 Å². The van der Waals surface area contributed by atoms with Gasteiger partial charge in [0.05, 0.1) is 10.1 Å². The Hall–Kier alpha value is -2.90. The van der Waals surface area contributed by atoms with Gasteiger partial charge in [-0.2, -0.15) is 0 Å². The van der Waals surface area contributed by atoms with E-state index in [-0.39, 0.29) is 11.2 Å². The Balaban J connectivity index is 1.46. The zero-order valence-corrected chi connectivity index (χ0v) is 16.8. The number of thiophene rings is 1. The highest BCUT2D eigenvalue weighted by Crippen LogP contribution is 2.29. The molecule has 1 amide bonds. The van der Waals surface area contributed by atoms with Gasteiger partial charge in [0.1, 0.15) is 0 Å². The van der Waals surface area contributed by atoms with Gasteiger partial charge >= 0.3 is 0 Å². The maximum atomic E-state index is 12.7. The van der Waals surface area contributed by atoms with Gasteiger partial charge in [-0.15, -0.1) is 16.4 Å². The van der Waals surface area contributed by atoms with E-state index in [0.29, 0.717) is 5.16 Å². The lowest BCUT2D eigenvalue weighted by Crippen LogP contribution is -2.22. The summed E-state index contributed by atoms with van der Waals surface area (Å²) in [5.74, 6) is 0.635. The molecule has 0 aliphatic rings. The van der Waals surface area contributed by atoms with Gasteiger partial charge in [0.2, 0.25) is 11.1 Å². The van der Waals surface area contributed by atoms with Crippen molar-refractivity contribution in [1.82, 2.24) is 15.2 Å². The number of anilines is 1. The smallest absolute Gasteiger partial charge is 0.237 e. The van der Waals surface area contributed by atoms with Crippen LogP contribution < -0.4 is 5.32 Å². The third kappa shape index (κ3) is 4.16. The van der Waals surface area contributed by atoms with Crippen LogP contribution in [0.5, 0.6) is 0 Å². The van der Waals surface area contributed by atoms with Crippen molar-refractivity contribution in [1.29, 1.82) is 0 Å². The Morgan fingerprint density at radius 1 is 1.07 bits per heavy atom. The first-order valence-corrected chi connectivity index (χ1v) is 10.5. The second kappa shape index (κ2) is 8.41. The summed E-state index contributed by atoms with van der Waals surface area (Å²) in [5.41, 5.74) is 2.85. The van der Waals surface area contributed by atoms with Gasteiger partial charge in [-0.05, 0) is 30.0 Å². The van der Waals surface area contributed by atoms with E-state index in [1.165, 1.54) is 11.8 Å². The summed E-state index contributed by atoms with van der Waals surface area (Å²) in [6.45, 7) is 1.85. The van der Waals surface area contributed by atoms with Crippen LogP contribution >= 0.6 is 23.1 Å². The molecule has 1 atom stereocenters. The van der Waals surface area contributed by atoms with Crippen LogP contribution in [0.2, 0.25) is 0 Å². The number of aromatic nitrogens is 3. The Kier molecular flexibility index (Phi) is 5.55. The van der Waals surface area contributed by atoms with Crippen LogP contribution in [0.3, 0.4) is 0 Å². The average molecular weight is 407 g/mol. The molecule has 2 aromatic heterocycles.